The van der Waals surface area contributed by atoms with Gasteiger partial charge in [-0.15, -0.1) is 0 Å². The molecular formula is C10H8ClO. The minimum Gasteiger partial charge on any atom is -0.354 e. The SMILES string of the molecule is ClCOC1C=[C]c2ccccc21. The molecule has 12 heavy (non-hydrogen) atoms. The topological polar surface area (TPSA) is 9.23 Å². The molecule has 2 rings (SSSR count). The molecule has 61 valence electrons. The zero-order valence-corrected chi connectivity index (χ0v) is 7.21. The fourth-order valence-corrected chi connectivity index (χ4v) is 1.47. The smallest absolute Gasteiger partial charge is 0.122 e. The highest BCUT2D eigenvalue weighted by atomic mass is 35.5. The molecule has 0 aromatic heterocycles. The average molecular weight is 180 g/mol. The largest absolute Gasteiger partial charge is 0.354 e. The molecular weight excluding hydrogens is 172 g/mol. The van der Waals surface area contributed by atoms with Crippen molar-refractivity contribution < 1.29 is 4.74 Å². The summed E-state index contributed by atoms with van der Waals surface area (Å²) in [5, 5.41) is 0. The van der Waals surface area contributed by atoms with Crippen LogP contribution in [-0.2, 0) is 4.74 Å². The summed E-state index contributed by atoms with van der Waals surface area (Å²) < 4.78 is 5.28. The number of ether oxygens (including phenoxy) is 1. The van der Waals surface area contributed by atoms with Crippen molar-refractivity contribution in [1.29, 1.82) is 0 Å². The van der Waals surface area contributed by atoms with Crippen LogP contribution >= 0.6 is 11.6 Å². The average Bonchev–Trinajstić information content (AvgIpc) is 2.50. The summed E-state index contributed by atoms with van der Waals surface area (Å²) in [5.41, 5.74) is 2.26. The van der Waals surface area contributed by atoms with Crippen molar-refractivity contribution in [3.8, 4) is 0 Å². The third kappa shape index (κ3) is 1.26. The minimum atomic E-state index is -0.00120. The zero-order chi connectivity index (χ0) is 8.39. The van der Waals surface area contributed by atoms with E-state index in [-0.39, 0.29) is 12.2 Å². The molecule has 0 saturated heterocycles. The molecule has 0 bridgehead atoms. The molecule has 0 fully saturated rings. The maximum atomic E-state index is 5.48. The van der Waals surface area contributed by atoms with Crippen LogP contribution < -0.4 is 0 Å². The molecule has 2 heteroatoms. The second-order valence-electron chi connectivity index (χ2n) is 2.59. The summed E-state index contributed by atoms with van der Waals surface area (Å²) >= 11 is 5.48. The van der Waals surface area contributed by atoms with Gasteiger partial charge in [-0.3, -0.25) is 0 Å². The Bertz CT molecular complexity index is 306. The second kappa shape index (κ2) is 3.30. The van der Waals surface area contributed by atoms with Crippen molar-refractivity contribution in [3.63, 3.8) is 0 Å². The first-order valence-electron chi connectivity index (χ1n) is 3.78. The Morgan fingerprint density at radius 3 is 3.08 bits per heavy atom. The van der Waals surface area contributed by atoms with Crippen LogP contribution in [-0.4, -0.2) is 6.07 Å². The Balaban J connectivity index is 2.30. The van der Waals surface area contributed by atoms with Crippen LogP contribution in [0.4, 0.5) is 0 Å². The number of alkyl halides is 1. The molecule has 1 aliphatic rings. The molecule has 0 N–H and O–H groups in total. The number of hydrogen-bond donors (Lipinski definition) is 0. The van der Waals surface area contributed by atoms with Crippen LogP contribution in [0, 0.1) is 6.08 Å². The molecule has 1 aromatic carbocycles. The summed E-state index contributed by atoms with van der Waals surface area (Å²) in [6, 6.07) is 8.25. The molecule has 1 nitrogen and oxygen atoms in total. The van der Waals surface area contributed by atoms with E-state index < -0.39 is 0 Å². The number of benzene rings is 1. The van der Waals surface area contributed by atoms with E-state index >= 15 is 0 Å². The molecule has 1 aromatic rings. The molecule has 1 radical (unpaired) electrons. The monoisotopic (exact) mass is 179 g/mol. The lowest BCUT2D eigenvalue weighted by molar-refractivity contribution is 0.127. The molecule has 0 aliphatic heterocycles. The summed E-state index contributed by atoms with van der Waals surface area (Å²) in [7, 11) is 0. The third-order valence-electron chi connectivity index (χ3n) is 1.90. The zero-order valence-electron chi connectivity index (χ0n) is 6.46. The van der Waals surface area contributed by atoms with Crippen molar-refractivity contribution >= 4 is 11.6 Å². The van der Waals surface area contributed by atoms with Gasteiger partial charge in [-0.25, -0.2) is 0 Å². The Kier molecular flexibility index (Phi) is 2.15. The highest BCUT2D eigenvalue weighted by Gasteiger charge is 2.16. The van der Waals surface area contributed by atoms with E-state index in [1.807, 2.05) is 30.3 Å². The first-order valence-corrected chi connectivity index (χ1v) is 4.31. The number of rotatable bonds is 2. The quantitative estimate of drug-likeness (QED) is 0.635. The molecule has 1 atom stereocenters. The summed E-state index contributed by atoms with van der Waals surface area (Å²) in [4.78, 5) is 0. The van der Waals surface area contributed by atoms with E-state index in [2.05, 4.69) is 6.08 Å². The molecule has 0 amide bonds. The molecule has 1 aliphatic carbocycles. The summed E-state index contributed by atoms with van der Waals surface area (Å²) in [5.74, 6) is 0. The molecule has 0 saturated carbocycles. The lowest BCUT2D eigenvalue weighted by Crippen LogP contribution is -1.97. The minimum absolute atomic E-state index is 0.00120. The Hall–Kier alpha value is -0.790. The van der Waals surface area contributed by atoms with Crippen LogP contribution in [0.5, 0.6) is 0 Å². The fraction of sp³-hybridized carbons (Fsp3) is 0.200. The number of halogens is 1. The highest BCUT2D eigenvalue weighted by Crippen LogP contribution is 2.28. The van der Waals surface area contributed by atoms with Crippen molar-refractivity contribution in [1.82, 2.24) is 0 Å². The van der Waals surface area contributed by atoms with Crippen LogP contribution in [0.25, 0.3) is 0 Å². The van der Waals surface area contributed by atoms with Gasteiger partial charge in [0.25, 0.3) is 0 Å². The third-order valence-corrected chi connectivity index (χ3v) is 2.03. The normalized spacial score (nSPS) is 19.6. The van der Waals surface area contributed by atoms with Crippen LogP contribution in [0.1, 0.15) is 17.2 Å². The maximum Gasteiger partial charge on any atom is 0.122 e. The van der Waals surface area contributed by atoms with Gasteiger partial charge in [0.2, 0.25) is 0 Å². The van der Waals surface area contributed by atoms with Gasteiger partial charge < -0.3 is 4.74 Å². The van der Waals surface area contributed by atoms with E-state index in [9.17, 15) is 0 Å². The van der Waals surface area contributed by atoms with Gasteiger partial charge in [0.1, 0.15) is 12.2 Å². The van der Waals surface area contributed by atoms with E-state index in [4.69, 9.17) is 16.3 Å². The first-order chi connectivity index (χ1) is 5.92. The first kappa shape index (κ1) is 7.84. The van der Waals surface area contributed by atoms with Crippen LogP contribution in [0.15, 0.2) is 30.3 Å². The number of hydrogen-bond acceptors (Lipinski definition) is 1. The van der Waals surface area contributed by atoms with E-state index in [0.29, 0.717) is 0 Å². The summed E-state index contributed by atoms with van der Waals surface area (Å²) in [6.45, 7) is 0. The van der Waals surface area contributed by atoms with Gasteiger partial charge >= 0.3 is 0 Å². The van der Waals surface area contributed by atoms with Gasteiger partial charge in [0.15, 0.2) is 0 Å². The molecule has 0 spiro atoms. The second-order valence-corrected chi connectivity index (χ2v) is 2.81. The van der Waals surface area contributed by atoms with E-state index in [0.717, 1.165) is 11.1 Å². The predicted molar refractivity (Wildman–Crippen MR) is 47.9 cm³/mol. The fourth-order valence-electron chi connectivity index (χ4n) is 1.34. The Morgan fingerprint density at radius 2 is 2.25 bits per heavy atom. The van der Waals surface area contributed by atoms with Gasteiger partial charge in [0.05, 0.1) is 0 Å². The predicted octanol–water partition coefficient (Wildman–Crippen LogP) is 2.66. The number of fused-ring (bicyclic) bond motifs is 1. The standard InChI is InChI=1S/C10H8ClO/c11-7-12-10-6-5-8-3-1-2-4-9(8)10/h1-4,6,10H,7H2. The Labute approximate surface area is 76.6 Å². The van der Waals surface area contributed by atoms with Crippen LogP contribution in [0.3, 0.4) is 0 Å². The van der Waals surface area contributed by atoms with Crippen molar-refractivity contribution in [3.05, 3.63) is 47.5 Å². The molecule has 1 unspecified atom stereocenters. The lowest BCUT2D eigenvalue weighted by atomic mass is 10.1. The van der Waals surface area contributed by atoms with E-state index in [1.165, 1.54) is 0 Å². The van der Waals surface area contributed by atoms with Crippen molar-refractivity contribution in [2.24, 2.45) is 0 Å². The Morgan fingerprint density at radius 1 is 1.42 bits per heavy atom. The molecule has 0 heterocycles. The van der Waals surface area contributed by atoms with Gasteiger partial charge in [-0.2, -0.15) is 0 Å². The van der Waals surface area contributed by atoms with Gasteiger partial charge in [-0.05, 0) is 23.3 Å². The van der Waals surface area contributed by atoms with Crippen molar-refractivity contribution in [2.75, 3.05) is 6.07 Å². The van der Waals surface area contributed by atoms with Crippen LogP contribution in [0.2, 0.25) is 0 Å². The summed E-state index contributed by atoms with van der Waals surface area (Å²) in [6.07, 6.45) is 5.02. The van der Waals surface area contributed by atoms with Crippen molar-refractivity contribution in [2.45, 2.75) is 6.10 Å². The van der Waals surface area contributed by atoms with Gasteiger partial charge in [-0.1, -0.05) is 35.9 Å². The highest BCUT2D eigenvalue weighted by molar-refractivity contribution is 6.17. The van der Waals surface area contributed by atoms with E-state index in [1.54, 1.807) is 0 Å². The lowest BCUT2D eigenvalue weighted by Gasteiger charge is -2.08. The maximum absolute atomic E-state index is 5.48. The van der Waals surface area contributed by atoms with Gasteiger partial charge in [0, 0.05) is 0 Å².